The minimum absolute atomic E-state index is 0.233. The topological polar surface area (TPSA) is 87.7 Å². The van der Waals surface area contributed by atoms with Crippen LogP contribution in [0.4, 0.5) is 4.79 Å². The molecule has 3 N–H and O–H groups in total. The van der Waals surface area contributed by atoms with Gasteiger partial charge in [-0.05, 0) is 25.7 Å². The molecule has 98 valence electrons. The van der Waals surface area contributed by atoms with Crippen LogP contribution in [-0.2, 0) is 9.53 Å². The van der Waals surface area contributed by atoms with Gasteiger partial charge in [0.25, 0.3) is 0 Å². The number of hydrogen-bond acceptors (Lipinski definition) is 3. The number of carboxylic acids is 1. The van der Waals surface area contributed by atoms with E-state index in [9.17, 15) is 9.59 Å². The van der Waals surface area contributed by atoms with Crippen molar-refractivity contribution in [1.82, 2.24) is 10.6 Å². The lowest BCUT2D eigenvalue weighted by molar-refractivity contribution is -0.139. The van der Waals surface area contributed by atoms with E-state index in [1.165, 1.54) is 0 Å². The van der Waals surface area contributed by atoms with Crippen LogP contribution in [-0.4, -0.2) is 42.4 Å². The first kappa shape index (κ1) is 13.8. The maximum atomic E-state index is 11.4. The molecule has 1 fully saturated rings. The van der Waals surface area contributed by atoms with Crippen molar-refractivity contribution in [3.8, 4) is 0 Å². The average molecular weight is 244 g/mol. The summed E-state index contributed by atoms with van der Waals surface area (Å²) in [6.45, 7) is 3.02. The Labute approximate surface area is 101 Å². The minimum atomic E-state index is -1.01. The van der Waals surface area contributed by atoms with Crippen molar-refractivity contribution in [2.24, 2.45) is 0 Å². The highest BCUT2D eigenvalue weighted by Crippen LogP contribution is 2.14. The maximum absolute atomic E-state index is 11.4. The van der Waals surface area contributed by atoms with Crippen LogP contribution in [0, 0.1) is 0 Å². The number of ether oxygens (including phenoxy) is 1. The Morgan fingerprint density at radius 2 is 2.29 bits per heavy atom. The molecular formula is C11H20N2O4. The number of carbonyl (C=O) groups excluding carboxylic acids is 1. The fraction of sp³-hybridized carbons (Fsp3) is 0.818. The molecule has 0 aliphatic carbocycles. The lowest BCUT2D eigenvalue weighted by Crippen LogP contribution is -2.46. The number of nitrogens with one attached hydrogen (secondary N) is 2. The van der Waals surface area contributed by atoms with E-state index in [1.807, 2.05) is 0 Å². The second-order valence-corrected chi connectivity index (χ2v) is 4.12. The largest absolute Gasteiger partial charge is 0.480 e. The average Bonchev–Trinajstić information content (AvgIpc) is 2.78. The van der Waals surface area contributed by atoms with Crippen molar-refractivity contribution in [3.63, 3.8) is 0 Å². The first-order chi connectivity index (χ1) is 8.13. The lowest BCUT2D eigenvalue weighted by atomic mass is 10.2. The van der Waals surface area contributed by atoms with Gasteiger partial charge in [-0.15, -0.1) is 0 Å². The lowest BCUT2D eigenvalue weighted by Gasteiger charge is -2.14. The molecule has 0 bridgehead atoms. The molecule has 1 aliphatic heterocycles. The quantitative estimate of drug-likeness (QED) is 0.642. The Morgan fingerprint density at radius 1 is 1.53 bits per heavy atom. The first-order valence-corrected chi connectivity index (χ1v) is 6.02. The molecule has 2 atom stereocenters. The van der Waals surface area contributed by atoms with E-state index in [2.05, 4.69) is 10.6 Å². The number of urea groups is 1. The van der Waals surface area contributed by atoms with E-state index in [1.54, 1.807) is 6.92 Å². The van der Waals surface area contributed by atoms with Gasteiger partial charge in [0.2, 0.25) is 0 Å². The molecule has 6 heteroatoms. The summed E-state index contributed by atoms with van der Waals surface area (Å²) in [6, 6.07) is -1.25. The number of amides is 2. The predicted molar refractivity (Wildman–Crippen MR) is 61.8 cm³/mol. The Balaban J connectivity index is 2.13. The summed E-state index contributed by atoms with van der Waals surface area (Å²) < 4.78 is 5.41. The van der Waals surface area contributed by atoms with Crippen molar-refractivity contribution in [2.75, 3.05) is 13.2 Å². The van der Waals surface area contributed by atoms with Crippen LogP contribution in [0.25, 0.3) is 0 Å². The molecule has 2 amide bonds. The normalized spacial score (nSPS) is 20.9. The van der Waals surface area contributed by atoms with Gasteiger partial charge in [0, 0.05) is 13.2 Å². The molecule has 17 heavy (non-hydrogen) atoms. The van der Waals surface area contributed by atoms with Crippen LogP contribution in [0.15, 0.2) is 0 Å². The van der Waals surface area contributed by atoms with E-state index in [0.717, 1.165) is 25.9 Å². The second kappa shape index (κ2) is 7.11. The van der Waals surface area contributed by atoms with Crippen molar-refractivity contribution >= 4 is 12.0 Å². The molecule has 6 nitrogen and oxygen atoms in total. The van der Waals surface area contributed by atoms with Gasteiger partial charge in [-0.1, -0.05) is 6.92 Å². The summed E-state index contributed by atoms with van der Waals surface area (Å²) in [5.41, 5.74) is 0. The SMILES string of the molecule is CC[C@@H](NC(=O)NCCC1CCCO1)C(=O)O. The van der Waals surface area contributed by atoms with E-state index in [0.29, 0.717) is 13.0 Å². The number of aliphatic carboxylic acids is 1. The van der Waals surface area contributed by atoms with Crippen LogP contribution in [0.3, 0.4) is 0 Å². The van der Waals surface area contributed by atoms with Crippen LogP contribution >= 0.6 is 0 Å². The van der Waals surface area contributed by atoms with Crippen LogP contribution in [0.1, 0.15) is 32.6 Å². The van der Waals surface area contributed by atoms with Crippen LogP contribution in [0.2, 0.25) is 0 Å². The van der Waals surface area contributed by atoms with Gasteiger partial charge in [-0.2, -0.15) is 0 Å². The molecule has 0 aromatic rings. The molecule has 0 saturated carbocycles. The van der Waals surface area contributed by atoms with Crippen molar-refractivity contribution < 1.29 is 19.4 Å². The number of hydrogen-bond donors (Lipinski definition) is 3. The van der Waals surface area contributed by atoms with Crippen molar-refractivity contribution in [1.29, 1.82) is 0 Å². The number of carboxylic acid groups (broad SMARTS) is 1. The Kier molecular flexibility index (Phi) is 5.76. The standard InChI is InChI=1S/C11H20N2O4/c1-2-9(10(14)15)13-11(16)12-6-5-8-4-3-7-17-8/h8-9H,2-7H2,1H3,(H,14,15)(H2,12,13,16)/t8?,9-/m1/s1. The summed E-state index contributed by atoms with van der Waals surface area (Å²) in [6.07, 6.45) is 3.49. The Hall–Kier alpha value is -1.30. The maximum Gasteiger partial charge on any atom is 0.326 e. The van der Waals surface area contributed by atoms with Crippen molar-refractivity contribution in [3.05, 3.63) is 0 Å². The third-order valence-electron chi connectivity index (χ3n) is 2.79. The molecule has 1 unspecified atom stereocenters. The monoisotopic (exact) mass is 244 g/mol. The molecule has 0 spiro atoms. The number of rotatable bonds is 6. The third kappa shape index (κ3) is 5.04. The van der Waals surface area contributed by atoms with E-state index < -0.39 is 18.0 Å². The van der Waals surface area contributed by atoms with E-state index >= 15 is 0 Å². The van der Waals surface area contributed by atoms with E-state index in [-0.39, 0.29) is 6.10 Å². The zero-order valence-electron chi connectivity index (χ0n) is 10.1. The number of carbonyl (C=O) groups is 2. The van der Waals surface area contributed by atoms with Gasteiger partial charge in [-0.3, -0.25) is 0 Å². The fourth-order valence-electron chi connectivity index (χ4n) is 1.77. The summed E-state index contributed by atoms with van der Waals surface area (Å²) in [5, 5.41) is 13.8. The van der Waals surface area contributed by atoms with Gasteiger partial charge in [0.05, 0.1) is 6.10 Å². The second-order valence-electron chi connectivity index (χ2n) is 4.12. The molecule has 0 aromatic heterocycles. The molecule has 1 rings (SSSR count). The summed E-state index contributed by atoms with van der Waals surface area (Å²) in [7, 11) is 0. The summed E-state index contributed by atoms with van der Waals surface area (Å²) in [5.74, 6) is -1.01. The van der Waals surface area contributed by atoms with Crippen LogP contribution in [0.5, 0.6) is 0 Å². The summed E-state index contributed by atoms with van der Waals surface area (Å²) >= 11 is 0. The molecular weight excluding hydrogens is 224 g/mol. The highest BCUT2D eigenvalue weighted by Gasteiger charge is 2.18. The molecule has 1 saturated heterocycles. The highest BCUT2D eigenvalue weighted by atomic mass is 16.5. The smallest absolute Gasteiger partial charge is 0.326 e. The van der Waals surface area contributed by atoms with Crippen LogP contribution < -0.4 is 10.6 Å². The summed E-state index contributed by atoms with van der Waals surface area (Å²) in [4.78, 5) is 22.1. The minimum Gasteiger partial charge on any atom is -0.480 e. The molecule has 0 radical (unpaired) electrons. The Bertz CT molecular complexity index is 264. The highest BCUT2D eigenvalue weighted by molar-refractivity contribution is 5.82. The first-order valence-electron chi connectivity index (χ1n) is 6.02. The van der Waals surface area contributed by atoms with Gasteiger partial charge < -0.3 is 20.5 Å². The zero-order valence-corrected chi connectivity index (χ0v) is 10.1. The fourth-order valence-corrected chi connectivity index (χ4v) is 1.77. The van der Waals surface area contributed by atoms with E-state index in [4.69, 9.17) is 9.84 Å². The van der Waals surface area contributed by atoms with Crippen molar-refractivity contribution in [2.45, 2.75) is 44.8 Å². The zero-order chi connectivity index (χ0) is 12.7. The third-order valence-corrected chi connectivity index (χ3v) is 2.79. The predicted octanol–water partition coefficient (Wildman–Crippen LogP) is 0.718. The van der Waals surface area contributed by atoms with Gasteiger partial charge in [-0.25, -0.2) is 9.59 Å². The van der Waals surface area contributed by atoms with Gasteiger partial charge in [0.1, 0.15) is 6.04 Å². The molecule has 0 aromatic carbocycles. The molecule has 1 heterocycles. The molecule has 1 aliphatic rings. The Morgan fingerprint density at radius 3 is 2.82 bits per heavy atom. The van der Waals surface area contributed by atoms with Gasteiger partial charge >= 0.3 is 12.0 Å². The van der Waals surface area contributed by atoms with Gasteiger partial charge in [0.15, 0.2) is 0 Å².